The molecule has 0 aliphatic rings. The van der Waals surface area contributed by atoms with Crippen molar-refractivity contribution in [2.24, 2.45) is 0 Å². The molecule has 0 heterocycles. The van der Waals surface area contributed by atoms with Crippen LogP contribution in [0.1, 0.15) is 24.5 Å². The highest BCUT2D eigenvalue weighted by molar-refractivity contribution is 6.30. The molecule has 0 aliphatic heterocycles. The standard InChI is InChI=1S/C17H19ClFNO/c1-3-8-20-11-13-9-15(19)6-7-16(13)21-17-10-14(18)5-4-12(17)2/h4-7,9-10,20H,3,8,11H2,1-2H3. The molecular formula is C17H19ClFNO. The van der Waals surface area contributed by atoms with Crippen molar-refractivity contribution in [3.63, 3.8) is 0 Å². The van der Waals surface area contributed by atoms with E-state index >= 15 is 0 Å². The monoisotopic (exact) mass is 307 g/mol. The highest BCUT2D eigenvalue weighted by Gasteiger charge is 2.09. The zero-order valence-electron chi connectivity index (χ0n) is 12.2. The van der Waals surface area contributed by atoms with Crippen molar-refractivity contribution < 1.29 is 9.13 Å². The van der Waals surface area contributed by atoms with Gasteiger partial charge in [0.15, 0.2) is 0 Å². The van der Waals surface area contributed by atoms with Gasteiger partial charge in [0.25, 0.3) is 0 Å². The first-order valence-electron chi connectivity index (χ1n) is 7.03. The molecule has 2 nitrogen and oxygen atoms in total. The van der Waals surface area contributed by atoms with Crippen LogP contribution in [0.4, 0.5) is 4.39 Å². The van der Waals surface area contributed by atoms with E-state index in [0.29, 0.717) is 23.1 Å². The van der Waals surface area contributed by atoms with Crippen LogP contribution in [0.15, 0.2) is 36.4 Å². The smallest absolute Gasteiger partial charge is 0.132 e. The number of nitrogens with one attached hydrogen (secondary N) is 1. The summed E-state index contributed by atoms with van der Waals surface area (Å²) in [6.07, 6.45) is 1.03. The van der Waals surface area contributed by atoms with Crippen molar-refractivity contribution in [1.82, 2.24) is 5.32 Å². The fraction of sp³-hybridized carbons (Fsp3) is 0.294. The van der Waals surface area contributed by atoms with E-state index in [9.17, 15) is 4.39 Å². The van der Waals surface area contributed by atoms with E-state index in [1.807, 2.05) is 19.1 Å². The molecular weight excluding hydrogens is 289 g/mol. The Labute approximate surface area is 129 Å². The molecule has 0 saturated carbocycles. The maximum Gasteiger partial charge on any atom is 0.132 e. The second-order valence-corrected chi connectivity index (χ2v) is 5.38. The summed E-state index contributed by atoms with van der Waals surface area (Å²) < 4.78 is 19.3. The minimum Gasteiger partial charge on any atom is -0.457 e. The number of halogens is 2. The maximum atomic E-state index is 13.4. The van der Waals surface area contributed by atoms with Crippen LogP contribution < -0.4 is 10.1 Å². The number of hydrogen-bond acceptors (Lipinski definition) is 2. The van der Waals surface area contributed by atoms with E-state index in [1.165, 1.54) is 12.1 Å². The van der Waals surface area contributed by atoms with E-state index < -0.39 is 0 Å². The fourth-order valence-electron chi connectivity index (χ4n) is 1.99. The summed E-state index contributed by atoms with van der Waals surface area (Å²) in [5.41, 5.74) is 1.78. The lowest BCUT2D eigenvalue weighted by atomic mass is 10.1. The molecule has 0 saturated heterocycles. The Morgan fingerprint density at radius 2 is 1.95 bits per heavy atom. The van der Waals surface area contributed by atoms with Crippen molar-refractivity contribution in [2.45, 2.75) is 26.8 Å². The van der Waals surface area contributed by atoms with Crippen molar-refractivity contribution in [3.05, 3.63) is 58.4 Å². The van der Waals surface area contributed by atoms with Crippen LogP contribution in [0.5, 0.6) is 11.5 Å². The first-order valence-corrected chi connectivity index (χ1v) is 7.41. The molecule has 0 unspecified atom stereocenters. The van der Waals surface area contributed by atoms with E-state index in [0.717, 1.165) is 24.1 Å². The van der Waals surface area contributed by atoms with Gasteiger partial charge in [-0.15, -0.1) is 0 Å². The molecule has 2 aromatic carbocycles. The van der Waals surface area contributed by atoms with Crippen LogP contribution in [0.3, 0.4) is 0 Å². The molecule has 0 bridgehead atoms. The Kier molecular flexibility index (Phi) is 5.59. The first-order chi connectivity index (χ1) is 10.1. The SMILES string of the molecule is CCCNCc1cc(F)ccc1Oc1cc(Cl)ccc1C. The van der Waals surface area contributed by atoms with Crippen LogP contribution >= 0.6 is 11.6 Å². The Bertz CT molecular complexity index is 616. The Balaban J connectivity index is 2.24. The van der Waals surface area contributed by atoms with Gasteiger partial charge in [0.1, 0.15) is 17.3 Å². The number of ether oxygens (including phenoxy) is 1. The van der Waals surface area contributed by atoms with Crippen molar-refractivity contribution in [3.8, 4) is 11.5 Å². The molecule has 4 heteroatoms. The molecule has 0 amide bonds. The minimum absolute atomic E-state index is 0.265. The van der Waals surface area contributed by atoms with Gasteiger partial charge in [-0.05, 0) is 55.8 Å². The molecule has 21 heavy (non-hydrogen) atoms. The van der Waals surface area contributed by atoms with Gasteiger partial charge in [0.05, 0.1) is 0 Å². The Morgan fingerprint density at radius 3 is 2.71 bits per heavy atom. The summed E-state index contributed by atoms with van der Waals surface area (Å²) in [6, 6.07) is 10.0. The molecule has 0 aliphatic carbocycles. The molecule has 1 N–H and O–H groups in total. The molecule has 0 atom stereocenters. The lowest BCUT2D eigenvalue weighted by Gasteiger charge is -2.14. The van der Waals surface area contributed by atoms with Crippen LogP contribution in [0, 0.1) is 12.7 Å². The van der Waals surface area contributed by atoms with Crippen LogP contribution in [-0.4, -0.2) is 6.54 Å². The molecule has 112 valence electrons. The summed E-state index contributed by atoms with van der Waals surface area (Å²) in [5, 5.41) is 3.87. The second-order valence-electron chi connectivity index (χ2n) is 4.94. The lowest BCUT2D eigenvalue weighted by molar-refractivity contribution is 0.466. The van der Waals surface area contributed by atoms with E-state index in [1.54, 1.807) is 12.1 Å². The van der Waals surface area contributed by atoms with Gasteiger partial charge in [0.2, 0.25) is 0 Å². The Hall–Kier alpha value is -1.58. The largest absolute Gasteiger partial charge is 0.457 e. The van der Waals surface area contributed by atoms with Crippen molar-refractivity contribution >= 4 is 11.6 Å². The summed E-state index contributed by atoms with van der Waals surface area (Å²) in [4.78, 5) is 0. The van der Waals surface area contributed by atoms with Crippen molar-refractivity contribution in [1.29, 1.82) is 0 Å². The van der Waals surface area contributed by atoms with Gasteiger partial charge in [-0.25, -0.2) is 4.39 Å². The molecule has 0 radical (unpaired) electrons. The van der Waals surface area contributed by atoms with Gasteiger partial charge in [-0.1, -0.05) is 24.6 Å². The molecule has 2 rings (SSSR count). The molecule has 0 fully saturated rings. The topological polar surface area (TPSA) is 21.3 Å². The normalized spacial score (nSPS) is 10.7. The van der Waals surface area contributed by atoms with Crippen LogP contribution in [0.25, 0.3) is 0 Å². The predicted octanol–water partition coefficient (Wildman–Crippen LogP) is 5.08. The summed E-state index contributed by atoms with van der Waals surface area (Å²) >= 11 is 6.00. The van der Waals surface area contributed by atoms with Gasteiger partial charge >= 0.3 is 0 Å². The summed E-state index contributed by atoms with van der Waals surface area (Å²) in [5.74, 6) is 1.06. The zero-order chi connectivity index (χ0) is 15.2. The molecule has 0 spiro atoms. The highest BCUT2D eigenvalue weighted by Crippen LogP contribution is 2.30. The molecule has 0 aromatic heterocycles. The summed E-state index contributed by atoms with van der Waals surface area (Å²) in [6.45, 7) is 5.49. The zero-order valence-corrected chi connectivity index (χ0v) is 13.0. The van der Waals surface area contributed by atoms with Gasteiger partial charge in [-0.3, -0.25) is 0 Å². The van der Waals surface area contributed by atoms with Crippen molar-refractivity contribution in [2.75, 3.05) is 6.54 Å². The average molecular weight is 308 g/mol. The number of benzene rings is 2. The number of hydrogen-bond donors (Lipinski definition) is 1. The fourth-order valence-corrected chi connectivity index (χ4v) is 2.15. The summed E-state index contributed by atoms with van der Waals surface area (Å²) in [7, 11) is 0. The highest BCUT2D eigenvalue weighted by atomic mass is 35.5. The predicted molar refractivity (Wildman–Crippen MR) is 84.7 cm³/mol. The van der Waals surface area contributed by atoms with E-state index in [2.05, 4.69) is 12.2 Å². The maximum absolute atomic E-state index is 13.4. The number of rotatable bonds is 6. The minimum atomic E-state index is -0.265. The lowest BCUT2D eigenvalue weighted by Crippen LogP contribution is -2.14. The van der Waals surface area contributed by atoms with Gasteiger partial charge in [-0.2, -0.15) is 0 Å². The Morgan fingerprint density at radius 1 is 1.14 bits per heavy atom. The second kappa shape index (κ2) is 7.43. The average Bonchev–Trinajstić information content (AvgIpc) is 2.46. The third-order valence-corrected chi connectivity index (χ3v) is 3.37. The van der Waals surface area contributed by atoms with Crippen LogP contribution in [-0.2, 0) is 6.54 Å². The van der Waals surface area contributed by atoms with Gasteiger partial charge < -0.3 is 10.1 Å². The van der Waals surface area contributed by atoms with Gasteiger partial charge in [0, 0.05) is 17.1 Å². The third kappa shape index (κ3) is 4.45. The number of aryl methyl sites for hydroxylation is 1. The third-order valence-electron chi connectivity index (χ3n) is 3.13. The first kappa shape index (κ1) is 15.8. The quantitative estimate of drug-likeness (QED) is 0.751. The van der Waals surface area contributed by atoms with Crippen LogP contribution in [0.2, 0.25) is 5.02 Å². The molecule has 2 aromatic rings. The van der Waals surface area contributed by atoms with E-state index in [-0.39, 0.29) is 5.82 Å². The van der Waals surface area contributed by atoms with E-state index in [4.69, 9.17) is 16.3 Å².